The number of anilines is 1. The number of Topliss-reactive ketones (excluding diaryl/α,β-unsaturated/α-hetero) is 1. The van der Waals surface area contributed by atoms with E-state index in [1.165, 1.54) is 0 Å². The number of ketones is 1. The highest BCUT2D eigenvalue weighted by molar-refractivity contribution is 6.46. The maximum absolute atomic E-state index is 11.8. The molecule has 1 rings (SSSR count). The predicted molar refractivity (Wildman–Crippen MR) is 78.4 cm³/mol. The number of nitrogen functional groups attached to an aromatic ring is 1. The van der Waals surface area contributed by atoms with E-state index in [-0.39, 0.29) is 39.0 Å². The molecule has 2 N–H and O–H groups in total. The molecule has 20 heavy (non-hydrogen) atoms. The quantitative estimate of drug-likeness (QED) is 0.674. The molecule has 0 atom stereocenters. The number of pyridine rings is 1. The molecule has 1 heterocycles. The third-order valence-electron chi connectivity index (χ3n) is 2.44. The van der Waals surface area contributed by atoms with Crippen LogP contribution in [0, 0.1) is 5.41 Å². The Morgan fingerprint density at radius 3 is 2.25 bits per heavy atom. The van der Waals surface area contributed by atoms with Gasteiger partial charge in [0.05, 0.1) is 10.7 Å². The summed E-state index contributed by atoms with van der Waals surface area (Å²) in [6.07, 6.45) is 0. The van der Waals surface area contributed by atoms with Crippen molar-refractivity contribution in [2.24, 2.45) is 5.41 Å². The number of hydrogen-bond acceptors (Lipinski definition) is 5. The summed E-state index contributed by atoms with van der Waals surface area (Å²) in [4.78, 5) is 27.2. The molecular weight excluding hydrogens is 327 g/mol. The topological polar surface area (TPSA) is 82.3 Å². The van der Waals surface area contributed by atoms with Crippen LogP contribution in [0.4, 0.5) is 5.69 Å². The Labute approximate surface area is 131 Å². The molecule has 0 saturated carbocycles. The maximum atomic E-state index is 11.8. The summed E-state index contributed by atoms with van der Waals surface area (Å²) >= 11 is 17.3. The van der Waals surface area contributed by atoms with Crippen molar-refractivity contribution in [3.05, 3.63) is 20.9 Å². The van der Waals surface area contributed by atoms with Crippen LogP contribution in [-0.2, 0) is 9.53 Å². The first-order chi connectivity index (χ1) is 9.05. The smallest absolute Gasteiger partial charge is 0.359 e. The number of aromatic nitrogens is 1. The molecule has 0 amide bonds. The van der Waals surface area contributed by atoms with Crippen LogP contribution in [0.5, 0.6) is 0 Å². The minimum atomic E-state index is -0.891. The largest absolute Gasteiger partial charge is 0.453 e. The third kappa shape index (κ3) is 3.75. The molecule has 0 spiro atoms. The second-order valence-corrected chi connectivity index (χ2v) is 6.16. The van der Waals surface area contributed by atoms with Gasteiger partial charge in [0.15, 0.2) is 23.2 Å². The number of esters is 1. The monoisotopic (exact) mass is 338 g/mol. The Morgan fingerprint density at radius 1 is 1.20 bits per heavy atom. The summed E-state index contributed by atoms with van der Waals surface area (Å²) in [5.41, 5.74) is 4.62. The fourth-order valence-corrected chi connectivity index (χ4v) is 1.67. The molecule has 0 unspecified atom stereocenters. The molecule has 0 fully saturated rings. The summed E-state index contributed by atoms with van der Waals surface area (Å²) in [5.74, 6) is -1.13. The van der Waals surface area contributed by atoms with E-state index >= 15 is 0 Å². The van der Waals surface area contributed by atoms with Crippen LogP contribution >= 0.6 is 34.8 Å². The number of carbonyl (C=O) groups excluding carboxylic acids is 2. The molecule has 0 aromatic carbocycles. The van der Waals surface area contributed by atoms with Crippen molar-refractivity contribution >= 4 is 52.2 Å². The molecule has 1 aromatic rings. The number of halogens is 3. The lowest BCUT2D eigenvalue weighted by Gasteiger charge is -2.16. The number of nitrogens with two attached hydrogens (primary N) is 1. The summed E-state index contributed by atoms with van der Waals surface area (Å²) < 4.78 is 4.85. The summed E-state index contributed by atoms with van der Waals surface area (Å²) in [6.45, 7) is 4.75. The Hall–Kier alpha value is -1.04. The number of rotatable bonds is 3. The van der Waals surface area contributed by atoms with Crippen molar-refractivity contribution in [3.63, 3.8) is 0 Å². The molecule has 8 heteroatoms. The van der Waals surface area contributed by atoms with Crippen molar-refractivity contribution in [1.82, 2.24) is 4.98 Å². The molecule has 1 aromatic heterocycles. The summed E-state index contributed by atoms with van der Waals surface area (Å²) in [7, 11) is 0. The molecule has 0 aliphatic heterocycles. The van der Waals surface area contributed by atoms with Gasteiger partial charge in [-0.2, -0.15) is 0 Å². The first-order valence-corrected chi connectivity index (χ1v) is 6.69. The molecule has 0 saturated heterocycles. The number of ether oxygens (including phenoxy) is 1. The summed E-state index contributed by atoms with van der Waals surface area (Å²) in [5, 5.41) is -0.366. The molecule has 0 bridgehead atoms. The van der Waals surface area contributed by atoms with E-state index in [9.17, 15) is 9.59 Å². The fraction of sp³-hybridized carbons (Fsp3) is 0.417. The normalized spacial score (nSPS) is 11.3. The second-order valence-electron chi connectivity index (χ2n) is 5.04. The maximum Gasteiger partial charge on any atom is 0.359 e. The van der Waals surface area contributed by atoms with Crippen LogP contribution in [0.2, 0.25) is 15.2 Å². The van der Waals surface area contributed by atoms with Crippen LogP contribution < -0.4 is 5.73 Å². The van der Waals surface area contributed by atoms with E-state index in [1.54, 1.807) is 20.8 Å². The van der Waals surface area contributed by atoms with Gasteiger partial charge in [-0.25, -0.2) is 9.78 Å². The molecule has 0 radical (unpaired) electrons. The van der Waals surface area contributed by atoms with Crippen molar-refractivity contribution in [2.75, 3.05) is 12.3 Å². The highest BCUT2D eigenvalue weighted by atomic mass is 35.5. The number of hydrogen-bond donors (Lipinski definition) is 1. The molecular formula is C12H13Cl3N2O3. The van der Waals surface area contributed by atoms with Gasteiger partial charge in [-0.3, -0.25) is 4.79 Å². The zero-order chi connectivity index (χ0) is 15.7. The van der Waals surface area contributed by atoms with E-state index < -0.39 is 11.4 Å². The second kappa shape index (κ2) is 6.16. The lowest BCUT2D eigenvalue weighted by molar-refractivity contribution is -0.129. The lowest BCUT2D eigenvalue weighted by atomic mass is 9.91. The lowest BCUT2D eigenvalue weighted by Crippen LogP contribution is -2.26. The minimum Gasteiger partial charge on any atom is -0.453 e. The number of carbonyl (C=O) groups is 2. The molecule has 0 aliphatic carbocycles. The highest BCUT2D eigenvalue weighted by Crippen LogP contribution is 2.34. The fourth-order valence-electron chi connectivity index (χ4n) is 1.08. The van der Waals surface area contributed by atoms with Gasteiger partial charge in [-0.15, -0.1) is 0 Å². The van der Waals surface area contributed by atoms with Crippen molar-refractivity contribution in [2.45, 2.75) is 20.8 Å². The van der Waals surface area contributed by atoms with E-state index in [0.29, 0.717) is 0 Å². The summed E-state index contributed by atoms with van der Waals surface area (Å²) in [6, 6.07) is 0. The van der Waals surface area contributed by atoms with E-state index in [2.05, 4.69) is 4.98 Å². The van der Waals surface area contributed by atoms with Gasteiger partial charge in [-0.1, -0.05) is 55.6 Å². The number of nitrogens with zero attached hydrogens (tertiary/aromatic N) is 1. The van der Waals surface area contributed by atoms with Gasteiger partial charge in [-0.05, 0) is 0 Å². The van der Waals surface area contributed by atoms with Gasteiger partial charge in [0.1, 0.15) is 5.02 Å². The van der Waals surface area contributed by atoms with Crippen LogP contribution in [0.15, 0.2) is 0 Å². The van der Waals surface area contributed by atoms with Gasteiger partial charge < -0.3 is 10.5 Å². The zero-order valence-electron chi connectivity index (χ0n) is 11.1. The first-order valence-electron chi connectivity index (χ1n) is 5.56. The Bertz CT molecular complexity index is 568. The van der Waals surface area contributed by atoms with E-state index in [1.807, 2.05) is 0 Å². The molecule has 0 aliphatic rings. The van der Waals surface area contributed by atoms with Crippen molar-refractivity contribution in [1.29, 1.82) is 0 Å². The SMILES string of the molecule is CC(C)(C)C(=O)COC(=O)c1nc(Cl)c(Cl)c(N)c1Cl. The third-order valence-corrected chi connectivity index (χ3v) is 3.57. The van der Waals surface area contributed by atoms with Gasteiger partial charge in [0, 0.05) is 5.41 Å². The zero-order valence-corrected chi connectivity index (χ0v) is 13.4. The van der Waals surface area contributed by atoms with Gasteiger partial charge in [0.2, 0.25) is 0 Å². The van der Waals surface area contributed by atoms with Crippen LogP contribution in [0.25, 0.3) is 0 Å². The Morgan fingerprint density at radius 2 is 1.75 bits per heavy atom. The van der Waals surface area contributed by atoms with Crippen molar-refractivity contribution < 1.29 is 14.3 Å². The standard InChI is InChI=1S/C12H13Cl3N2O3/c1-12(2,3)5(18)4-20-11(19)9-6(13)8(16)7(14)10(15)17-9/h4H2,1-3H3,(H2,16,17). The van der Waals surface area contributed by atoms with Gasteiger partial charge >= 0.3 is 5.97 Å². The average molecular weight is 340 g/mol. The van der Waals surface area contributed by atoms with E-state index in [0.717, 1.165) is 0 Å². The Balaban J connectivity index is 2.92. The highest BCUT2D eigenvalue weighted by Gasteiger charge is 2.25. The van der Waals surface area contributed by atoms with Crippen LogP contribution in [0.1, 0.15) is 31.3 Å². The van der Waals surface area contributed by atoms with Crippen molar-refractivity contribution in [3.8, 4) is 0 Å². The molecule has 5 nitrogen and oxygen atoms in total. The molecule has 110 valence electrons. The minimum absolute atomic E-state index is 0.0426. The predicted octanol–water partition coefficient (Wildman–Crippen LogP) is 3.40. The average Bonchev–Trinajstić information content (AvgIpc) is 2.36. The Kier molecular flexibility index (Phi) is 5.24. The van der Waals surface area contributed by atoms with Crippen LogP contribution in [0.3, 0.4) is 0 Å². The van der Waals surface area contributed by atoms with Crippen LogP contribution in [-0.4, -0.2) is 23.3 Å². The van der Waals surface area contributed by atoms with Gasteiger partial charge in [0.25, 0.3) is 0 Å². The van der Waals surface area contributed by atoms with E-state index in [4.69, 9.17) is 45.3 Å². The first kappa shape index (κ1) is 17.0.